The summed E-state index contributed by atoms with van der Waals surface area (Å²) in [5, 5.41) is 6.53. The summed E-state index contributed by atoms with van der Waals surface area (Å²) in [7, 11) is 0. The fourth-order valence-corrected chi connectivity index (χ4v) is 3.70. The van der Waals surface area contributed by atoms with Gasteiger partial charge in [0.15, 0.2) is 29.3 Å². The number of fused-ring (bicyclic) bond motifs is 1. The maximum Gasteiger partial charge on any atom is 0.303 e. The van der Waals surface area contributed by atoms with Crippen LogP contribution < -0.4 is 5.32 Å². The normalized spacial score (nSPS) is 22.3. The van der Waals surface area contributed by atoms with Crippen LogP contribution in [0.3, 0.4) is 0 Å². The van der Waals surface area contributed by atoms with Crippen LogP contribution in [-0.2, 0) is 14.3 Å². The van der Waals surface area contributed by atoms with Crippen LogP contribution >= 0.6 is 0 Å². The molecule has 0 aliphatic carbocycles. The van der Waals surface area contributed by atoms with Gasteiger partial charge in [0.05, 0.1) is 12.4 Å². The lowest BCUT2D eigenvalue weighted by Gasteiger charge is -2.21. The summed E-state index contributed by atoms with van der Waals surface area (Å²) < 4.78 is 13.1. The molecule has 1 fully saturated rings. The lowest BCUT2D eigenvalue weighted by Crippen LogP contribution is -2.34. The highest BCUT2D eigenvalue weighted by atomic mass is 16.6. The van der Waals surface area contributed by atoms with Gasteiger partial charge in [0.2, 0.25) is 0 Å². The van der Waals surface area contributed by atoms with Crippen LogP contribution in [0.15, 0.2) is 48.1 Å². The molecule has 2 aromatic heterocycles. The average Bonchev–Trinajstić information content (AvgIpc) is 3.36. The zero-order valence-corrected chi connectivity index (χ0v) is 17.3. The maximum absolute atomic E-state index is 12.6. The molecule has 1 saturated heterocycles. The van der Waals surface area contributed by atoms with E-state index in [2.05, 4.69) is 30.3 Å². The number of carbonyl (C=O) groups is 2. The Labute approximate surface area is 182 Å². The number of ether oxygens (including phenoxy) is 2. The molecule has 0 unspecified atom stereocenters. The molecule has 0 radical (unpaired) electrons. The Hall–Kier alpha value is -4.02. The third-order valence-corrected chi connectivity index (χ3v) is 5.10. The van der Waals surface area contributed by atoms with E-state index in [1.807, 2.05) is 13.0 Å². The minimum absolute atomic E-state index is 0.225. The Balaban J connectivity index is 1.70. The van der Waals surface area contributed by atoms with Gasteiger partial charge in [0.1, 0.15) is 12.4 Å². The van der Waals surface area contributed by atoms with Crippen molar-refractivity contribution in [1.82, 2.24) is 19.5 Å². The van der Waals surface area contributed by atoms with E-state index in [1.54, 1.807) is 28.8 Å². The number of carbonyl (C=O) groups excluding carboxylic acids is 2. The second-order valence-corrected chi connectivity index (χ2v) is 7.11. The van der Waals surface area contributed by atoms with E-state index in [9.17, 15) is 9.59 Å². The molecule has 164 valence electrons. The van der Waals surface area contributed by atoms with Crippen LogP contribution in [0.25, 0.3) is 21.6 Å². The van der Waals surface area contributed by atoms with E-state index in [-0.39, 0.29) is 11.7 Å². The first-order chi connectivity index (χ1) is 15.5. The summed E-state index contributed by atoms with van der Waals surface area (Å²) >= 11 is 0. The van der Waals surface area contributed by atoms with Crippen LogP contribution in [0.1, 0.15) is 36.9 Å². The summed E-state index contributed by atoms with van der Waals surface area (Å²) in [6.45, 7) is 3.15. The monoisotopic (exact) mass is 436 g/mol. The van der Waals surface area contributed by atoms with Crippen molar-refractivity contribution in [2.24, 2.45) is 5.11 Å². The Morgan fingerprint density at radius 3 is 2.75 bits per heavy atom. The first-order valence-corrected chi connectivity index (χ1v) is 9.94. The van der Waals surface area contributed by atoms with Crippen molar-refractivity contribution in [3.8, 4) is 0 Å². The number of anilines is 1. The quantitative estimate of drug-likeness (QED) is 0.269. The lowest BCUT2D eigenvalue weighted by molar-refractivity contribution is -0.152. The van der Waals surface area contributed by atoms with Crippen molar-refractivity contribution in [2.45, 2.75) is 44.7 Å². The highest BCUT2D eigenvalue weighted by molar-refractivity contribution is 6.06. The molecule has 1 amide bonds. The van der Waals surface area contributed by atoms with Crippen molar-refractivity contribution in [3.05, 3.63) is 59.0 Å². The molecule has 0 bridgehead atoms. The topological polar surface area (TPSA) is 157 Å². The maximum atomic E-state index is 12.6. The molecule has 4 atom stereocenters. The van der Waals surface area contributed by atoms with E-state index in [0.29, 0.717) is 23.1 Å². The minimum atomic E-state index is -0.872. The second-order valence-electron chi connectivity index (χ2n) is 7.11. The predicted molar refractivity (Wildman–Crippen MR) is 112 cm³/mol. The SMILES string of the molecule is CC[C@H]1O[C@@H](n2cnc3c(NC(=O)c4ccccc4)ncnc32)[C@H](OC(C)=O)[C@@H]1N=[N+]=[N-]. The van der Waals surface area contributed by atoms with E-state index < -0.39 is 30.4 Å². The Morgan fingerprint density at radius 1 is 1.28 bits per heavy atom. The number of esters is 1. The molecule has 0 saturated carbocycles. The van der Waals surface area contributed by atoms with Gasteiger partial charge in [-0.2, -0.15) is 0 Å². The van der Waals surface area contributed by atoms with E-state index in [1.165, 1.54) is 19.6 Å². The summed E-state index contributed by atoms with van der Waals surface area (Å²) in [5.41, 5.74) is 10.1. The molecule has 1 aromatic carbocycles. The van der Waals surface area contributed by atoms with Crippen molar-refractivity contribution in [3.63, 3.8) is 0 Å². The number of aromatic nitrogens is 4. The molecule has 1 aliphatic rings. The van der Waals surface area contributed by atoms with Crippen LogP contribution in [0.4, 0.5) is 5.82 Å². The fourth-order valence-electron chi connectivity index (χ4n) is 3.70. The van der Waals surface area contributed by atoms with Gasteiger partial charge < -0.3 is 14.8 Å². The molecule has 0 spiro atoms. The smallest absolute Gasteiger partial charge is 0.303 e. The number of nitrogens with one attached hydrogen (secondary N) is 1. The fraction of sp³-hybridized carbons (Fsp3) is 0.350. The van der Waals surface area contributed by atoms with E-state index in [4.69, 9.17) is 15.0 Å². The number of nitrogens with zero attached hydrogens (tertiary/aromatic N) is 7. The van der Waals surface area contributed by atoms with Crippen molar-refractivity contribution in [1.29, 1.82) is 0 Å². The van der Waals surface area contributed by atoms with Crippen LogP contribution in [-0.4, -0.2) is 49.6 Å². The van der Waals surface area contributed by atoms with Crippen molar-refractivity contribution >= 4 is 28.9 Å². The van der Waals surface area contributed by atoms with Crippen molar-refractivity contribution in [2.75, 3.05) is 5.32 Å². The number of hydrogen-bond acceptors (Lipinski definition) is 8. The third kappa shape index (κ3) is 3.96. The number of benzene rings is 1. The van der Waals surface area contributed by atoms with Crippen LogP contribution in [0, 0.1) is 0 Å². The van der Waals surface area contributed by atoms with Gasteiger partial charge in [-0.3, -0.25) is 14.2 Å². The molecule has 12 nitrogen and oxygen atoms in total. The predicted octanol–water partition coefficient (Wildman–Crippen LogP) is 3.00. The molecule has 4 rings (SSSR count). The number of hydrogen-bond donors (Lipinski definition) is 1. The molecular weight excluding hydrogens is 416 g/mol. The number of rotatable bonds is 6. The largest absolute Gasteiger partial charge is 0.457 e. The van der Waals surface area contributed by atoms with Gasteiger partial charge in [-0.1, -0.05) is 30.2 Å². The first kappa shape index (κ1) is 21.2. The molecule has 32 heavy (non-hydrogen) atoms. The highest BCUT2D eigenvalue weighted by Crippen LogP contribution is 2.37. The van der Waals surface area contributed by atoms with Gasteiger partial charge in [-0.25, -0.2) is 15.0 Å². The Morgan fingerprint density at radius 2 is 2.06 bits per heavy atom. The standard InChI is InChI=1S/C20H20N8O4/c1-3-13-14(26-27-21)16(31-11(2)29)20(32-13)28-10-24-15-17(22-9-23-18(15)28)25-19(30)12-7-5-4-6-8-12/h4-10,13-14,16,20H,3H2,1-2H3,(H,22,23,25,30)/t13-,14-,16-,20-/m1/s1. The second kappa shape index (κ2) is 9.00. The van der Waals surface area contributed by atoms with Crippen LogP contribution in [0.5, 0.6) is 0 Å². The van der Waals surface area contributed by atoms with Crippen molar-refractivity contribution < 1.29 is 19.1 Å². The molecular formula is C20H20N8O4. The minimum Gasteiger partial charge on any atom is -0.457 e. The van der Waals surface area contributed by atoms with Gasteiger partial charge >= 0.3 is 5.97 Å². The first-order valence-electron chi connectivity index (χ1n) is 9.94. The van der Waals surface area contributed by atoms with Crippen LogP contribution in [0.2, 0.25) is 0 Å². The number of azide groups is 1. The number of imidazole rings is 1. The lowest BCUT2D eigenvalue weighted by atomic mass is 10.1. The van der Waals surface area contributed by atoms with Gasteiger partial charge in [0.25, 0.3) is 5.91 Å². The van der Waals surface area contributed by atoms with E-state index >= 15 is 0 Å². The molecule has 1 aliphatic heterocycles. The van der Waals surface area contributed by atoms with Gasteiger partial charge in [0, 0.05) is 17.4 Å². The molecule has 3 aromatic rings. The molecule has 3 heterocycles. The zero-order chi connectivity index (χ0) is 22.7. The Kier molecular flexibility index (Phi) is 5.97. The zero-order valence-electron chi connectivity index (χ0n) is 17.3. The Bertz CT molecular complexity index is 1190. The summed E-state index contributed by atoms with van der Waals surface area (Å²) in [5.74, 6) is -0.652. The number of amides is 1. The molecule has 1 N–H and O–H groups in total. The summed E-state index contributed by atoms with van der Waals surface area (Å²) in [4.78, 5) is 39.9. The van der Waals surface area contributed by atoms with E-state index in [0.717, 1.165) is 0 Å². The average molecular weight is 436 g/mol. The highest BCUT2D eigenvalue weighted by Gasteiger charge is 2.47. The summed E-state index contributed by atoms with van der Waals surface area (Å²) in [6.07, 6.45) is 1.14. The summed E-state index contributed by atoms with van der Waals surface area (Å²) in [6, 6.07) is 7.99. The van der Waals surface area contributed by atoms with Gasteiger partial charge in [-0.15, -0.1) is 0 Å². The molecule has 12 heteroatoms. The van der Waals surface area contributed by atoms with Gasteiger partial charge in [-0.05, 0) is 24.1 Å². The third-order valence-electron chi connectivity index (χ3n) is 5.10.